The number of rotatable bonds is 6. The molecule has 0 aliphatic heterocycles. The summed E-state index contributed by atoms with van der Waals surface area (Å²) in [4.78, 5) is 33.4. The van der Waals surface area contributed by atoms with Gasteiger partial charge in [-0.2, -0.15) is 13.2 Å². The lowest BCUT2D eigenvalue weighted by Crippen LogP contribution is -2.41. The monoisotopic (exact) mass is 318 g/mol. The molecular formula is C13H13F3N2O4. The predicted molar refractivity (Wildman–Crippen MR) is 69.2 cm³/mol. The van der Waals surface area contributed by atoms with Gasteiger partial charge in [0, 0.05) is 0 Å². The Morgan fingerprint density at radius 3 is 2.36 bits per heavy atom. The molecule has 22 heavy (non-hydrogen) atoms. The second kappa shape index (κ2) is 7.43. The van der Waals surface area contributed by atoms with Crippen molar-refractivity contribution in [1.82, 2.24) is 10.6 Å². The van der Waals surface area contributed by atoms with E-state index in [1.807, 2.05) is 0 Å². The zero-order valence-electron chi connectivity index (χ0n) is 11.2. The van der Waals surface area contributed by atoms with Crippen LogP contribution in [-0.2, 0) is 16.0 Å². The van der Waals surface area contributed by atoms with E-state index in [1.54, 1.807) is 5.32 Å². The van der Waals surface area contributed by atoms with E-state index in [0.717, 1.165) is 0 Å². The van der Waals surface area contributed by atoms with Gasteiger partial charge in [0.2, 0.25) is 11.8 Å². The largest absolute Gasteiger partial charge is 0.478 e. The Kier molecular flexibility index (Phi) is 5.90. The van der Waals surface area contributed by atoms with Crippen molar-refractivity contribution in [2.24, 2.45) is 0 Å². The van der Waals surface area contributed by atoms with E-state index in [-0.39, 0.29) is 12.0 Å². The highest BCUT2D eigenvalue weighted by Crippen LogP contribution is 2.11. The van der Waals surface area contributed by atoms with Crippen LogP contribution in [0, 0.1) is 0 Å². The number of alkyl halides is 3. The van der Waals surface area contributed by atoms with Gasteiger partial charge in [-0.05, 0) is 17.7 Å². The molecule has 0 spiro atoms. The Balaban J connectivity index is 2.42. The number of halogens is 3. The summed E-state index contributed by atoms with van der Waals surface area (Å²) in [7, 11) is 0. The number of amides is 2. The number of hydrogen-bond acceptors (Lipinski definition) is 3. The third-order valence-corrected chi connectivity index (χ3v) is 2.47. The van der Waals surface area contributed by atoms with Crippen molar-refractivity contribution in [3.63, 3.8) is 0 Å². The summed E-state index contributed by atoms with van der Waals surface area (Å²) in [5, 5.41) is 12.6. The maximum atomic E-state index is 11.9. The van der Waals surface area contributed by atoms with Crippen molar-refractivity contribution in [2.45, 2.75) is 12.6 Å². The third kappa shape index (κ3) is 6.73. The first kappa shape index (κ1) is 17.5. The predicted octanol–water partition coefficient (Wildman–Crippen LogP) is 0.722. The molecule has 0 aromatic heterocycles. The Hall–Kier alpha value is -2.58. The summed E-state index contributed by atoms with van der Waals surface area (Å²) in [5.41, 5.74) is 0.418. The average molecular weight is 318 g/mol. The van der Waals surface area contributed by atoms with E-state index in [2.05, 4.69) is 5.32 Å². The number of nitrogens with one attached hydrogen (secondary N) is 2. The molecule has 0 saturated carbocycles. The SMILES string of the molecule is O=C(CNC(=O)Cc1cccc(C(=O)O)c1)NCC(F)(F)F. The van der Waals surface area contributed by atoms with E-state index >= 15 is 0 Å². The summed E-state index contributed by atoms with van der Waals surface area (Å²) in [6.07, 6.45) is -4.70. The maximum Gasteiger partial charge on any atom is 0.405 e. The van der Waals surface area contributed by atoms with Gasteiger partial charge < -0.3 is 15.7 Å². The molecule has 0 heterocycles. The van der Waals surface area contributed by atoms with Crippen LogP contribution >= 0.6 is 0 Å². The van der Waals surface area contributed by atoms with Crippen LogP contribution in [0.1, 0.15) is 15.9 Å². The molecule has 120 valence electrons. The summed E-state index contributed by atoms with van der Waals surface area (Å²) in [6, 6.07) is 5.64. The molecule has 0 saturated heterocycles. The average Bonchev–Trinajstić information content (AvgIpc) is 2.42. The first-order valence-corrected chi connectivity index (χ1v) is 6.10. The highest BCUT2D eigenvalue weighted by Gasteiger charge is 2.27. The van der Waals surface area contributed by atoms with E-state index in [1.165, 1.54) is 24.3 Å². The van der Waals surface area contributed by atoms with Gasteiger partial charge in [0.25, 0.3) is 0 Å². The Bertz CT molecular complexity index is 573. The zero-order valence-corrected chi connectivity index (χ0v) is 11.2. The van der Waals surface area contributed by atoms with Crippen molar-refractivity contribution >= 4 is 17.8 Å². The smallest absolute Gasteiger partial charge is 0.405 e. The molecule has 0 aliphatic rings. The van der Waals surface area contributed by atoms with Gasteiger partial charge >= 0.3 is 12.1 Å². The van der Waals surface area contributed by atoms with Gasteiger partial charge in [-0.3, -0.25) is 9.59 Å². The Labute approximate surface area is 123 Å². The van der Waals surface area contributed by atoms with Crippen LogP contribution in [0.25, 0.3) is 0 Å². The van der Waals surface area contributed by atoms with Crippen LogP contribution in [0.2, 0.25) is 0 Å². The molecule has 2 amide bonds. The third-order valence-electron chi connectivity index (χ3n) is 2.47. The van der Waals surface area contributed by atoms with Gasteiger partial charge in [-0.15, -0.1) is 0 Å². The minimum atomic E-state index is -4.52. The van der Waals surface area contributed by atoms with Gasteiger partial charge in [0.05, 0.1) is 18.5 Å². The molecule has 0 fully saturated rings. The minimum absolute atomic E-state index is 0.00761. The standard InChI is InChI=1S/C13H13F3N2O4/c14-13(15,16)7-18-11(20)6-17-10(19)5-8-2-1-3-9(4-8)12(21)22/h1-4H,5-7H2,(H,17,19)(H,18,20)(H,21,22). The number of carbonyl (C=O) groups is 3. The molecule has 1 aromatic rings. The van der Waals surface area contributed by atoms with Gasteiger partial charge in [0.1, 0.15) is 6.54 Å². The van der Waals surface area contributed by atoms with Crippen LogP contribution < -0.4 is 10.6 Å². The molecule has 9 heteroatoms. The fraction of sp³-hybridized carbons (Fsp3) is 0.308. The molecule has 0 atom stereocenters. The van der Waals surface area contributed by atoms with Crippen LogP contribution in [0.5, 0.6) is 0 Å². The number of benzene rings is 1. The fourth-order valence-electron chi connectivity index (χ4n) is 1.50. The van der Waals surface area contributed by atoms with Crippen molar-refractivity contribution in [1.29, 1.82) is 0 Å². The summed E-state index contributed by atoms with van der Waals surface area (Å²) in [5.74, 6) is -2.72. The van der Waals surface area contributed by atoms with Crippen LogP contribution in [0.3, 0.4) is 0 Å². The highest BCUT2D eigenvalue weighted by molar-refractivity contribution is 5.89. The van der Waals surface area contributed by atoms with E-state index in [9.17, 15) is 27.6 Å². The van der Waals surface area contributed by atoms with E-state index in [0.29, 0.717) is 5.56 Å². The second-order valence-corrected chi connectivity index (χ2v) is 4.35. The lowest BCUT2D eigenvalue weighted by atomic mass is 10.1. The molecule has 1 rings (SSSR count). The highest BCUT2D eigenvalue weighted by atomic mass is 19.4. The molecular weight excluding hydrogens is 305 g/mol. The van der Waals surface area contributed by atoms with Gasteiger partial charge in [-0.25, -0.2) is 4.79 Å². The van der Waals surface area contributed by atoms with Crippen LogP contribution in [0.15, 0.2) is 24.3 Å². The fourth-order valence-corrected chi connectivity index (χ4v) is 1.50. The molecule has 1 aromatic carbocycles. The lowest BCUT2D eigenvalue weighted by molar-refractivity contribution is -0.138. The quantitative estimate of drug-likeness (QED) is 0.720. The zero-order chi connectivity index (χ0) is 16.8. The molecule has 0 bridgehead atoms. The van der Waals surface area contributed by atoms with Crippen molar-refractivity contribution < 1.29 is 32.7 Å². The number of hydrogen-bond donors (Lipinski definition) is 3. The number of carboxylic acids is 1. The molecule has 0 aliphatic carbocycles. The second-order valence-electron chi connectivity index (χ2n) is 4.35. The first-order valence-electron chi connectivity index (χ1n) is 6.10. The van der Waals surface area contributed by atoms with Crippen molar-refractivity contribution in [3.05, 3.63) is 35.4 Å². The topological polar surface area (TPSA) is 95.5 Å². The van der Waals surface area contributed by atoms with E-state index < -0.39 is 37.0 Å². The first-order chi connectivity index (χ1) is 10.2. The number of aromatic carboxylic acids is 1. The lowest BCUT2D eigenvalue weighted by Gasteiger charge is -2.09. The normalized spacial score (nSPS) is 10.9. The minimum Gasteiger partial charge on any atom is -0.478 e. The maximum absolute atomic E-state index is 11.9. The number of carbonyl (C=O) groups excluding carboxylic acids is 2. The number of carboxylic acid groups (broad SMARTS) is 1. The Morgan fingerprint density at radius 1 is 1.09 bits per heavy atom. The Morgan fingerprint density at radius 2 is 1.77 bits per heavy atom. The summed E-state index contributed by atoms with van der Waals surface area (Å²) >= 11 is 0. The van der Waals surface area contributed by atoms with E-state index in [4.69, 9.17) is 5.11 Å². The van der Waals surface area contributed by atoms with Gasteiger partial charge in [-0.1, -0.05) is 12.1 Å². The summed E-state index contributed by atoms with van der Waals surface area (Å²) < 4.78 is 35.6. The van der Waals surface area contributed by atoms with Crippen LogP contribution in [0.4, 0.5) is 13.2 Å². The van der Waals surface area contributed by atoms with Crippen molar-refractivity contribution in [2.75, 3.05) is 13.1 Å². The summed E-state index contributed by atoms with van der Waals surface area (Å²) in [6.45, 7) is -2.06. The molecule has 3 N–H and O–H groups in total. The van der Waals surface area contributed by atoms with Crippen LogP contribution in [-0.4, -0.2) is 42.2 Å². The molecule has 0 radical (unpaired) electrons. The molecule has 0 unspecified atom stereocenters. The molecule has 6 nitrogen and oxygen atoms in total. The van der Waals surface area contributed by atoms with Gasteiger partial charge in [0.15, 0.2) is 0 Å². The van der Waals surface area contributed by atoms with Crippen molar-refractivity contribution in [3.8, 4) is 0 Å².